The Morgan fingerprint density at radius 3 is 2.50 bits per heavy atom. The fourth-order valence-corrected chi connectivity index (χ4v) is 1.33. The van der Waals surface area contributed by atoms with Gasteiger partial charge in [0.15, 0.2) is 0 Å². The average Bonchev–Trinajstić information content (AvgIpc) is 2.14. The zero-order valence-electron chi connectivity index (χ0n) is 10.6. The molecule has 4 heteroatoms. The van der Waals surface area contributed by atoms with E-state index in [9.17, 15) is 4.79 Å². The highest BCUT2D eigenvalue weighted by molar-refractivity contribution is 5.65. The number of nitrogens with one attached hydrogen (secondary N) is 1. The molecule has 0 heterocycles. The molecule has 0 spiro atoms. The number of carbonyl (C=O) groups is 1. The number of nitrogens with zero attached hydrogens (tertiary/aromatic N) is 1. The highest BCUT2D eigenvalue weighted by atomic mass is 16.4. The summed E-state index contributed by atoms with van der Waals surface area (Å²) >= 11 is 0. The fourth-order valence-electron chi connectivity index (χ4n) is 1.33. The second-order valence-corrected chi connectivity index (χ2v) is 4.80. The number of carboxylic acid groups (broad SMARTS) is 1. The lowest BCUT2D eigenvalue weighted by atomic mass is 10.1. The lowest BCUT2D eigenvalue weighted by Gasteiger charge is -2.33. The Labute approximate surface area is 98.0 Å². The summed E-state index contributed by atoms with van der Waals surface area (Å²) in [5, 5.41) is 12.2. The summed E-state index contributed by atoms with van der Waals surface area (Å²) in [5.74, 6) is 2.57. The molecule has 0 unspecified atom stereocenters. The van der Waals surface area contributed by atoms with E-state index >= 15 is 0 Å². The Morgan fingerprint density at radius 1 is 1.56 bits per heavy atom. The van der Waals surface area contributed by atoms with Gasteiger partial charge in [-0.2, -0.15) is 0 Å². The molecule has 4 nitrogen and oxygen atoms in total. The molecule has 0 aliphatic rings. The van der Waals surface area contributed by atoms with Crippen LogP contribution in [0.2, 0.25) is 0 Å². The van der Waals surface area contributed by atoms with Gasteiger partial charge in [-0.05, 0) is 40.7 Å². The molecular formula is C12H22N2O2. The zero-order valence-corrected chi connectivity index (χ0v) is 10.6. The van der Waals surface area contributed by atoms with Gasteiger partial charge in [0, 0.05) is 12.1 Å². The summed E-state index contributed by atoms with van der Waals surface area (Å²) in [6, 6.07) is 0.0351. The van der Waals surface area contributed by atoms with Crippen molar-refractivity contribution in [2.24, 2.45) is 0 Å². The van der Waals surface area contributed by atoms with Crippen LogP contribution in [0.1, 0.15) is 34.1 Å². The first-order valence-corrected chi connectivity index (χ1v) is 5.49. The molecule has 0 aromatic carbocycles. The van der Waals surface area contributed by atoms with Crippen molar-refractivity contribution in [3.8, 4) is 12.3 Å². The monoisotopic (exact) mass is 226 g/mol. The highest BCUT2D eigenvalue weighted by Gasteiger charge is 2.25. The first-order valence-electron chi connectivity index (χ1n) is 5.49. The Balaban J connectivity index is 3.98. The van der Waals surface area contributed by atoms with Crippen molar-refractivity contribution in [3.05, 3.63) is 0 Å². The molecule has 0 aliphatic heterocycles. The molecule has 0 bridgehead atoms. The van der Waals surface area contributed by atoms with E-state index in [0.29, 0.717) is 6.54 Å². The van der Waals surface area contributed by atoms with Gasteiger partial charge in [-0.15, -0.1) is 6.42 Å². The second-order valence-electron chi connectivity index (χ2n) is 4.80. The van der Waals surface area contributed by atoms with E-state index in [2.05, 4.69) is 11.2 Å². The number of terminal acetylenes is 1. The van der Waals surface area contributed by atoms with Gasteiger partial charge in [0.1, 0.15) is 0 Å². The van der Waals surface area contributed by atoms with E-state index in [1.807, 2.05) is 27.7 Å². The first-order chi connectivity index (χ1) is 7.29. The van der Waals surface area contributed by atoms with Crippen LogP contribution in [-0.2, 0) is 0 Å². The second kappa shape index (κ2) is 6.39. The lowest BCUT2D eigenvalue weighted by Crippen LogP contribution is -2.46. The number of hydrogen-bond acceptors (Lipinski definition) is 2. The molecule has 1 atom stereocenters. The van der Waals surface area contributed by atoms with E-state index in [0.717, 1.165) is 13.0 Å². The van der Waals surface area contributed by atoms with Crippen molar-refractivity contribution in [2.45, 2.75) is 45.7 Å². The van der Waals surface area contributed by atoms with Crippen LogP contribution < -0.4 is 5.32 Å². The largest absolute Gasteiger partial charge is 0.465 e. The van der Waals surface area contributed by atoms with Gasteiger partial charge in [-0.25, -0.2) is 4.79 Å². The maximum atomic E-state index is 11.0. The lowest BCUT2D eigenvalue weighted by molar-refractivity contribution is 0.0995. The van der Waals surface area contributed by atoms with E-state index < -0.39 is 6.09 Å². The average molecular weight is 226 g/mol. The molecule has 92 valence electrons. The van der Waals surface area contributed by atoms with Crippen LogP contribution in [0.25, 0.3) is 0 Å². The van der Waals surface area contributed by atoms with E-state index in [1.165, 1.54) is 4.90 Å². The van der Waals surface area contributed by atoms with Crippen molar-refractivity contribution < 1.29 is 9.90 Å². The van der Waals surface area contributed by atoms with Gasteiger partial charge in [-0.3, -0.25) is 0 Å². The first kappa shape index (κ1) is 14.8. The van der Waals surface area contributed by atoms with Gasteiger partial charge in [0.2, 0.25) is 0 Å². The minimum Gasteiger partial charge on any atom is -0.465 e. The molecule has 0 saturated carbocycles. The van der Waals surface area contributed by atoms with Crippen LogP contribution in [0, 0.1) is 12.3 Å². The van der Waals surface area contributed by atoms with Crippen LogP contribution in [0.4, 0.5) is 4.79 Å². The van der Waals surface area contributed by atoms with Gasteiger partial charge in [0.25, 0.3) is 0 Å². The van der Waals surface area contributed by atoms with Crippen molar-refractivity contribution in [2.75, 3.05) is 13.1 Å². The third kappa shape index (κ3) is 5.62. The maximum absolute atomic E-state index is 11.0. The van der Waals surface area contributed by atoms with Crippen LogP contribution in [0.5, 0.6) is 0 Å². The van der Waals surface area contributed by atoms with Crippen LogP contribution in [0.3, 0.4) is 0 Å². The standard InChI is InChI=1S/C12H22N2O2/c1-6-10(2)13-8-7-9-14(11(15)16)12(3,4)5/h1,10,13H,7-9H2,2-5H3,(H,15,16)/t10-/m0/s1. The number of rotatable bonds is 5. The molecule has 0 saturated heterocycles. The molecule has 0 rings (SSSR count). The highest BCUT2D eigenvalue weighted by Crippen LogP contribution is 2.13. The Bertz CT molecular complexity index is 263. The minimum absolute atomic E-state index is 0.0351. The normalized spacial score (nSPS) is 12.9. The summed E-state index contributed by atoms with van der Waals surface area (Å²) in [4.78, 5) is 12.4. The predicted octanol–water partition coefficient (Wildman–Crippen LogP) is 1.77. The van der Waals surface area contributed by atoms with Crippen molar-refractivity contribution >= 4 is 6.09 Å². The zero-order chi connectivity index (χ0) is 12.8. The van der Waals surface area contributed by atoms with Crippen molar-refractivity contribution in [1.29, 1.82) is 0 Å². The molecule has 1 amide bonds. The van der Waals surface area contributed by atoms with Crippen LogP contribution in [-0.4, -0.2) is 40.8 Å². The SMILES string of the molecule is C#C[C@H](C)NCCCN(C(=O)O)C(C)(C)C. The molecule has 0 aromatic heterocycles. The Hall–Kier alpha value is -1.21. The quantitative estimate of drug-likeness (QED) is 0.555. The molecular weight excluding hydrogens is 204 g/mol. The van der Waals surface area contributed by atoms with Gasteiger partial charge >= 0.3 is 6.09 Å². The van der Waals surface area contributed by atoms with Crippen molar-refractivity contribution in [3.63, 3.8) is 0 Å². The van der Waals surface area contributed by atoms with Gasteiger partial charge in [0.05, 0.1) is 6.04 Å². The number of amides is 1. The topological polar surface area (TPSA) is 52.6 Å². The molecule has 2 N–H and O–H groups in total. The summed E-state index contributed by atoms with van der Waals surface area (Å²) in [5.41, 5.74) is -0.358. The Morgan fingerprint density at radius 2 is 2.12 bits per heavy atom. The van der Waals surface area contributed by atoms with Crippen LogP contribution >= 0.6 is 0 Å². The maximum Gasteiger partial charge on any atom is 0.407 e. The van der Waals surface area contributed by atoms with Gasteiger partial charge < -0.3 is 15.3 Å². The van der Waals surface area contributed by atoms with Crippen molar-refractivity contribution in [1.82, 2.24) is 10.2 Å². The summed E-state index contributed by atoms with van der Waals surface area (Å²) in [7, 11) is 0. The third-order valence-corrected chi connectivity index (χ3v) is 2.30. The van der Waals surface area contributed by atoms with Crippen LogP contribution in [0.15, 0.2) is 0 Å². The molecule has 0 fully saturated rings. The smallest absolute Gasteiger partial charge is 0.407 e. The summed E-state index contributed by atoms with van der Waals surface area (Å²) in [6.45, 7) is 8.81. The fraction of sp³-hybridized carbons (Fsp3) is 0.750. The number of hydrogen-bond donors (Lipinski definition) is 2. The van der Waals surface area contributed by atoms with E-state index in [4.69, 9.17) is 11.5 Å². The molecule has 16 heavy (non-hydrogen) atoms. The van der Waals surface area contributed by atoms with E-state index in [1.54, 1.807) is 0 Å². The molecule has 0 radical (unpaired) electrons. The minimum atomic E-state index is -0.877. The molecule has 0 aromatic rings. The molecule has 0 aliphatic carbocycles. The summed E-state index contributed by atoms with van der Waals surface area (Å²) in [6.07, 6.45) is 5.10. The van der Waals surface area contributed by atoms with Gasteiger partial charge in [-0.1, -0.05) is 5.92 Å². The Kier molecular flexibility index (Phi) is 5.91. The summed E-state index contributed by atoms with van der Waals surface area (Å²) < 4.78 is 0. The van der Waals surface area contributed by atoms with E-state index in [-0.39, 0.29) is 11.6 Å². The predicted molar refractivity (Wildman–Crippen MR) is 65.4 cm³/mol. The third-order valence-electron chi connectivity index (χ3n) is 2.30.